The van der Waals surface area contributed by atoms with Crippen molar-refractivity contribution >= 4 is 23.3 Å². The van der Waals surface area contributed by atoms with E-state index >= 15 is 0 Å². The predicted molar refractivity (Wildman–Crippen MR) is 135 cm³/mol. The molecule has 0 unspecified atom stereocenters. The van der Waals surface area contributed by atoms with Crippen molar-refractivity contribution in [1.82, 2.24) is 0 Å². The Kier molecular flexibility index (Phi) is 10.5. The Balaban J connectivity index is 0.000000197. The molecule has 4 heteroatoms. The van der Waals surface area contributed by atoms with Crippen molar-refractivity contribution in [3.63, 3.8) is 0 Å². The van der Waals surface area contributed by atoms with Gasteiger partial charge in [-0.15, -0.1) is 23.3 Å². The highest BCUT2D eigenvalue weighted by Crippen LogP contribution is 2.22. The van der Waals surface area contributed by atoms with Crippen LogP contribution in [0, 0.1) is 0 Å². The summed E-state index contributed by atoms with van der Waals surface area (Å²) in [6.07, 6.45) is 0. The molecule has 4 rings (SSSR count). The second-order valence-corrected chi connectivity index (χ2v) is 6.19. The van der Waals surface area contributed by atoms with Crippen LogP contribution in [0.25, 0.3) is 22.3 Å². The highest BCUT2D eigenvalue weighted by atomic mass is 33.1. The van der Waals surface area contributed by atoms with E-state index < -0.39 is 0 Å². The molecule has 0 aliphatic rings. The molecule has 0 N–H and O–H groups in total. The van der Waals surface area contributed by atoms with Crippen molar-refractivity contribution < 1.29 is 9.47 Å². The van der Waals surface area contributed by atoms with E-state index in [9.17, 15) is 0 Å². The smallest absolute Gasteiger partial charge is 0.118 e. The molecule has 0 fully saturated rings. The van der Waals surface area contributed by atoms with Crippen LogP contribution in [0.4, 0.5) is 0 Å². The maximum atomic E-state index is 5.11. The van der Waals surface area contributed by atoms with Gasteiger partial charge in [0, 0.05) is 0 Å². The molecule has 0 aromatic heterocycles. The standard InChI is InChI=1S/2C13H12O.H2S2/c2*1-14-13-9-7-12(8-10-13)11-5-3-2-4-6-11;1-2/h2*2-10H,1H3;1-2H. The van der Waals surface area contributed by atoms with Gasteiger partial charge in [0.25, 0.3) is 0 Å². The predicted octanol–water partition coefficient (Wildman–Crippen LogP) is 7.49. The lowest BCUT2D eigenvalue weighted by Gasteiger charge is -2.02. The third-order valence-electron chi connectivity index (χ3n) is 4.39. The van der Waals surface area contributed by atoms with E-state index in [0.29, 0.717) is 0 Å². The summed E-state index contributed by atoms with van der Waals surface area (Å²) in [5.74, 6) is 1.79. The summed E-state index contributed by atoms with van der Waals surface area (Å²) < 4.78 is 10.2. The Hall–Kier alpha value is -2.82. The minimum absolute atomic E-state index is 0.893. The molecule has 0 aliphatic heterocycles. The van der Waals surface area contributed by atoms with E-state index in [0.717, 1.165) is 11.5 Å². The second-order valence-electron chi connectivity index (χ2n) is 6.19. The van der Waals surface area contributed by atoms with Gasteiger partial charge < -0.3 is 9.47 Å². The summed E-state index contributed by atoms with van der Waals surface area (Å²) in [4.78, 5) is 0. The summed E-state index contributed by atoms with van der Waals surface area (Å²) in [7, 11) is 3.36. The van der Waals surface area contributed by atoms with E-state index in [2.05, 4.69) is 71.9 Å². The van der Waals surface area contributed by atoms with E-state index in [4.69, 9.17) is 9.47 Å². The zero-order valence-electron chi connectivity index (χ0n) is 17.1. The molecular weight excluding hydrogens is 408 g/mol. The molecule has 0 bridgehead atoms. The fourth-order valence-electron chi connectivity index (χ4n) is 2.83. The summed E-state index contributed by atoms with van der Waals surface area (Å²) in [5, 5.41) is 0. The Morgan fingerprint density at radius 1 is 0.400 bits per heavy atom. The van der Waals surface area contributed by atoms with E-state index in [1.165, 1.54) is 22.3 Å². The van der Waals surface area contributed by atoms with Crippen LogP contribution in [0.2, 0.25) is 0 Å². The van der Waals surface area contributed by atoms with Crippen LogP contribution < -0.4 is 9.47 Å². The Morgan fingerprint density at radius 3 is 0.933 bits per heavy atom. The molecule has 154 valence electrons. The van der Waals surface area contributed by atoms with Crippen molar-refractivity contribution in [2.45, 2.75) is 0 Å². The summed E-state index contributed by atoms with van der Waals surface area (Å²) >= 11 is 6.44. The highest BCUT2D eigenvalue weighted by molar-refractivity contribution is 8.59. The van der Waals surface area contributed by atoms with E-state index in [1.54, 1.807) is 14.2 Å². The third-order valence-corrected chi connectivity index (χ3v) is 4.39. The van der Waals surface area contributed by atoms with Crippen LogP contribution >= 0.6 is 23.3 Å². The summed E-state index contributed by atoms with van der Waals surface area (Å²) in [6, 6.07) is 36.8. The van der Waals surface area contributed by atoms with Gasteiger partial charge in [-0.3, -0.25) is 0 Å². The number of rotatable bonds is 4. The van der Waals surface area contributed by atoms with Gasteiger partial charge >= 0.3 is 0 Å². The SMILES string of the molecule is COc1ccc(-c2ccccc2)cc1.COc1ccc(-c2ccccc2)cc1.SS. The van der Waals surface area contributed by atoms with Crippen LogP contribution in [0.5, 0.6) is 11.5 Å². The molecule has 0 spiro atoms. The maximum Gasteiger partial charge on any atom is 0.118 e. The lowest BCUT2D eigenvalue weighted by molar-refractivity contribution is 0.415. The van der Waals surface area contributed by atoms with Crippen molar-refractivity contribution in [3.8, 4) is 33.8 Å². The van der Waals surface area contributed by atoms with E-state index in [1.807, 2.05) is 60.7 Å². The van der Waals surface area contributed by atoms with Crippen LogP contribution in [-0.4, -0.2) is 14.2 Å². The van der Waals surface area contributed by atoms with Gasteiger partial charge in [0.15, 0.2) is 0 Å². The zero-order chi connectivity index (χ0) is 21.6. The number of hydrogen-bond donors (Lipinski definition) is 2. The number of hydrogen-bond acceptors (Lipinski definition) is 4. The maximum absolute atomic E-state index is 5.11. The fraction of sp³-hybridized carbons (Fsp3) is 0.0769. The average molecular weight is 435 g/mol. The van der Waals surface area contributed by atoms with Crippen molar-refractivity contribution in [3.05, 3.63) is 109 Å². The van der Waals surface area contributed by atoms with E-state index in [-0.39, 0.29) is 0 Å². The van der Waals surface area contributed by atoms with Crippen LogP contribution in [0.1, 0.15) is 0 Å². The molecule has 0 atom stereocenters. The number of benzene rings is 4. The molecule has 0 amide bonds. The first-order valence-electron chi connectivity index (χ1n) is 9.39. The Labute approximate surface area is 189 Å². The fourth-order valence-corrected chi connectivity index (χ4v) is 2.83. The first-order chi connectivity index (χ1) is 14.8. The number of thiol groups is 2. The van der Waals surface area contributed by atoms with Gasteiger partial charge in [-0.05, 0) is 46.5 Å². The molecule has 0 saturated carbocycles. The molecule has 2 nitrogen and oxygen atoms in total. The van der Waals surface area contributed by atoms with Gasteiger partial charge in [-0.2, -0.15) is 0 Å². The molecule has 0 saturated heterocycles. The molecular formula is C26H26O2S2. The molecule has 0 aliphatic carbocycles. The van der Waals surface area contributed by atoms with Crippen LogP contribution in [0.3, 0.4) is 0 Å². The molecule has 0 radical (unpaired) electrons. The first-order valence-corrected chi connectivity index (χ1v) is 11.0. The third kappa shape index (κ3) is 7.21. The summed E-state index contributed by atoms with van der Waals surface area (Å²) in [5.41, 5.74) is 4.89. The van der Waals surface area contributed by atoms with Crippen molar-refractivity contribution in [2.24, 2.45) is 0 Å². The van der Waals surface area contributed by atoms with Gasteiger partial charge in [0.1, 0.15) is 11.5 Å². The molecule has 4 aromatic rings. The highest BCUT2D eigenvalue weighted by Gasteiger charge is 1.97. The average Bonchev–Trinajstić information content (AvgIpc) is 2.87. The molecule has 0 heterocycles. The van der Waals surface area contributed by atoms with Gasteiger partial charge in [-0.25, -0.2) is 0 Å². The molecule has 30 heavy (non-hydrogen) atoms. The van der Waals surface area contributed by atoms with Crippen LogP contribution in [0.15, 0.2) is 109 Å². The quantitative estimate of drug-likeness (QED) is 0.256. The lowest BCUT2D eigenvalue weighted by Crippen LogP contribution is -1.82. The van der Waals surface area contributed by atoms with Gasteiger partial charge in [-0.1, -0.05) is 84.9 Å². The Bertz CT molecular complexity index is 872. The monoisotopic (exact) mass is 434 g/mol. The normalized spacial score (nSPS) is 9.33. The van der Waals surface area contributed by atoms with Crippen molar-refractivity contribution in [1.29, 1.82) is 0 Å². The minimum Gasteiger partial charge on any atom is -0.497 e. The number of ether oxygens (including phenoxy) is 2. The minimum atomic E-state index is 0.893. The summed E-state index contributed by atoms with van der Waals surface area (Å²) in [6.45, 7) is 0. The lowest BCUT2D eigenvalue weighted by atomic mass is 10.1. The number of methoxy groups -OCH3 is 2. The topological polar surface area (TPSA) is 18.5 Å². The Morgan fingerprint density at radius 2 is 0.667 bits per heavy atom. The first kappa shape index (κ1) is 23.5. The van der Waals surface area contributed by atoms with Crippen LogP contribution in [-0.2, 0) is 0 Å². The largest absolute Gasteiger partial charge is 0.497 e. The van der Waals surface area contributed by atoms with Gasteiger partial charge in [0.05, 0.1) is 14.2 Å². The van der Waals surface area contributed by atoms with Crippen molar-refractivity contribution in [2.75, 3.05) is 14.2 Å². The molecule has 4 aromatic carbocycles. The zero-order valence-corrected chi connectivity index (χ0v) is 18.9. The van der Waals surface area contributed by atoms with Gasteiger partial charge in [0.2, 0.25) is 0 Å². The second kappa shape index (κ2) is 13.4.